The molecule has 0 aliphatic rings. The Hall–Kier alpha value is -3.34. The van der Waals surface area contributed by atoms with Gasteiger partial charge in [0.25, 0.3) is 11.8 Å². The summed E-state index contributed by atoms with van der Waals surface area (Å²) in [5.74, 6) is -0.837. The molecule has 0 bridgehead atoms. The summed E-state index contributed by atoms with van der Waals surface area (Å²) in [6.07, 6.45) is -3.99. The van der Waals surface area contributed by atoms with Crippen molar-refractivity contribution >= 4 is 17.5 Å². The Kier molecular flexibility index (Phi) is 7.81. The summed E-state index contributed by atoms with van der Waals surface area (Å²) in [4.78, 5) is 30.5. The Morgan fingerprint density at radius 1 is 1.10 bits per heavy atom. The molecule has 2 N–H and O–H groups in total. The number of likely N-dealkylation sites (N-methyl/N-ethyl adjacent to an activating group) is 1. The van der Waals surface area contributed by atoms with Gasteiger partial charge in [-0.2, -0.15) is 13.2 Å². The topological polar surface area (TPSA) is 92.8 Å². The Morgan fingerprint density at radius 2 is 1.81 bits per heavy atom. The van der Waals surface area contributed by atoms with E-state index in [2.05, 4.69) is 15.6 Å². The molecule has 31 heavy (non-hydrogen) atoms. The number of carbonyl (C=O) groups is 2. The number of amides is 2. The van der Waals surface area contributed by atoms with E-state index >= 15 is 0 Å². The third kappa shape index (κ3) is 6.32. The molecule has 0 aliphatic carbocycles. The first kappa shape index (κ1) is 23.9. The minimum atomic E-state index is -4.56. The van der Waals surface area contributed by atoms with E-state index in [9.17, 15) is 22.8 Å². The monoisotopic (exact) mass is 440 g/mol. The molecule has 2 aromatic rings. The molecule has 1 aromatic heterocycles. The molecule has 0 saturated carbocycles. The molecule has 8 nitrogen and oxygen atoms in total. The first-order valence-electron chi connectivity index (χ1n) is 9.10. The second-order valence-electron chi connectivity index (χ2n) is 6.70. The van der Waals surface area contributed by atoms with E-state index in [1.807, 2.05) is 19.0 Å². The van der Waals surface area contributed by atoms with Gasteiger partial charge < -0.3 is 25.0 Å². The number of aromatic nitrogens is 1. The average molecular weight is 440 g/mol. The minimum Gasteiger partial charge on any atom is -0.493 e. The summed E-state index contributed by atoms with van der Waals surface area (Å²) in [5.41, 5.74) is -0.909. The van der Waals surface area contributed by atoms with Gasteiger partial charge in [-0.05, 0) is 38.4 Å². The molecular weight excluding hydrogens is 417 g/mol. The first-order chi connectivity index (χ1) is 14.6. The van der Waals surface area contributed by atoms with Crippen molar-refractivity contribution in [1.82, 2.24) is 15.2 Å². The van der Waals surface area contributed by atoms with Crippen LogP contribution in [0.3, 0.4) is 0 Å². The number of rotatable bonds is 8. The molecule has 11 heteroatoms. The van der Waals surface area contributed by atoms with Crippen LogP contribution in [-0.4, -0.2) is 63.1 Å². The maximum absolute atomic E-state index is 12.7. The molecule has 0 spiro atoms. The number of nitrogens with zero attached hydrogens (tertiary/aromatic N) is 2. The van der Waals surface area contributed by atoms with E-state index in [1.54, 1.807) is 0 Å². The van der Waals surface area contributed by atoms with Gasteiger partial charge in [0.2, 0.25) is 0 Å². The van der Waals surface area contributed by atoms with Gasteiger partial charge >= 0.3 is 6.18 Å². The molecule has 168 valence electrons. The molecule has 0 atom stereocenters. The summed E-state index contributed by atoms with van der Waals surface area (Å²) >= 11 is 0. The summed E-state index contributed by atoms with van der Waals surface area (Å²) in [6.45, 7) is 1.03. The van der Waals surface area contributed by atoms with E-state index in [1.165, 1.54) is 26.4 Å². The Bertz CT molecular complexity index is 931. The van der Waals surface area contributed by atoms with Gasteiger partial charge in [-0.3, -0.25) is 14.6 Å². The molecule has 2 rings (SSSR count). The van der Waals surface area contributed by atoms with Crippen molar-refractivity contribution in [2.75, 3.05) is 46.7 Å². The first-order valence-corrected chi connectivity index (χ1v) is 9.10. The summed E-state index contributed by atoms with van der Waals surface area (Å²) in [6, 6.07) is 4.55. The molecule has 1 heterocycles. The summed E-state index contributed by atoms with van der Waals surface area (Å²) < 4.78 is 48.6. The Balaban J connectivity index is 2.29. The molecule has 0 aliphatic heterocycles. The number of halogens is 3. The number of anilines is 1. The van der Waals surface area contributed by atoms with E-state index in [-0.39, 0.29) is 28.4 Å². The number of hydrogen-bond acceptors (Lipinski definition) is 6. The van der Waals surface area contributed by atoms with Crippen LogP contribution in [0.1, 0.15) is 26.4 Å². The smallest absolute Gasteiger partial charge is 0.417 e. The highest BCUT2D eigenvalue weighted by molar-refractivity contribution is 6.05. The van der Waals surface area contributed by atoms with Crippen molar-refractivity contribution in [3.63, 3.8) is 0 Å². The zero-order valence-corrected chi connectivity index (χ0v) is 17.5. The van der Waals surface area contributed by atoms with Crippen LogP contribution >= 0.6 is 0 Å². The van der Waals surface area contributed by atoms with Crippen LogP contribution in [0.15, 0.2) is 30.5 Å². The standard InChI is InChI=1S/C20H23F3N4O4/c1-27(2)8-7-24-18(28)12-9-15(17(31-4)16(10-12)30-3)26-19(29)14-6-5-13(11-25-14)20(21,22)23/h5-6,9-11H,7-8H2,1-4H3,(H,24,28)(H,26,29). The predicted octanol–water partition coefficient (Wildman–Crippen LogP) is 2.66. The lowest BCUT2D eigenvalue weighted by Gasteiger charge is -2.16. The Morgan fingerprint density at radius 3 is 2.32 bits per heavy atom. The van der Waals surface area contributed by atoms with E-state index in [0.29, 0.717) is 19.3 Å². The normalized spacial score (nSPS) is 11.2. The second kappa shape index (κ2) is 10.1. The summed E-state index contributed by atoms with van der Waals surface area (Å²) in [7, 11) is 6.45. The zero-order valence-electron chi connectivity index (χ0n) is 17.5. The molecule has 1 aromatic carbocycles. The number of ether oxygens (including phenoxy) is 2. The van der Waals surface area contributed by atoms with Crippen molar-refractivity contribution in [1.29, 1.82) is 0 Å². The number of nitrogens with one attached hydrogen (secondary N) is 2. The number of carbonyl (C=O) groups excluding carboxylic acids is 2. The number of benzene rings is 1. The van der Waals surface area contributed by atoms with Crippen molar-refractivity contribution in [3.05, 3.63) is 47.3 Å². The van der Waals surface area contributed by atoms with Crippen molar-refractivity contribution in [3.8, 4) is 11.5 Å². The van der Waals surface area contributed by atoms with Gasteiger partial charge in [0.1, 0.15) is 5.69 Å². The van der Waals surface area contributed by atoms with Gasteiger partial charge in [-0.15, -0.1) is 0 Å². The lowest BCUT2D eigenvalue weighted by atomic mass is 10.1. The fourth-order valence-corrected chi connectivity index (χ4v) is 2.57. The molecular formula is C20H23F3N4O4. The zero-order chi connectivity index (χ0) is 23.2. The molecule has 0 unspecified atom stereocenters. The molecule has 0 fully saturated rings. The van der Waals surface area contributed by atoms with Gasteiger partial charge in [0.05, 0.1) is 25.5 Å². The van der Waals surface area contributed by atoms with Crippen LogP contribution in [-0.2, 0) is 6.18 Å². The van der Waals surface area contributed by atoms with Gasteiger partial charge in [-0.1, -0.05) is 0 Å². The molecule has 0 saturated heterocycles. The van der Waals surface area contributed by atoms with Crippen LogP contribution < -0.4 is 20.1 Å². The largest absolute Gasteiger partial charge is 0.493 e. The number of pyridine rings is 1. The minimum absolute atomic E-state index is 0.103. The van der Waals surface area contributed by atoms with Crippen LogP contribution in [0.5, 0.6) is 11.5 Å². The fourth-order valence-electron chi connectivity index (χ4n) is 2.57. The van der Waals surface area contributed by atoms with Gasteiger partial charge in [0.15, 0.2) is 11.5 Å². The van der Waals surface area contributed by atoms with Gasteiger partial charge in [-0.25, -0.2) is 0 Å². The quantitative estimate of drug-likeness (QED) is 0.656. The van der Waals surface area contributed by atoms with Crippen LogP contribution in [0.25, 0.3) is 0 Å². The van der Waals surface area contributed by atoms with Gasteiger partial charge in [0, 0.05) is 24.8 Å². The van der Waals surface area contributed by atoms with Crippen LogP contribution in [0.4, 0.5) is 18.9 Å². The third-order valence-electron chi connectivity index (χ3n) is 4.16. The predicted molar refractivity (Wildman–Crippen MR) is 108 cm³/mol. The third-order valence-corrected chi connectivity index (χ3v) is 4.16. The van der Waals surface area contributed by atoms with Crippen molar-refractivity contribution in [2.45, 2.75) is 6.18 Å². The number of methoxy groups -OCH3 is 2. The number of hydrogen-bond donors (Lipinski definition) is 2. The van der Waals surface area contributed by atoms with Crippen molar-refractivity contribution in [2.24, 2.45) is 0 Å². The fraction of sp³-hybridized carbons (Fsp3) is 0.350. The maximum atomic E-state index is 12.7. The van der Waals surface area contributed by atoms with Crippen LogP contribution in [0, 0.1) is 0 Å². The Labute approximate surface area is 177 Å². The highest BCUT2D eigenvalue weighted by Gasteiger charge is 2.31. The lowest BCUT2D eigenvalue weighted by molar-refractivity contribution is -0.137. The van der Waals surface area contributed by atoms with E-state index in [0.717, 1.165) is 12.1 Å². The number of alkyl halides is 3. The highest BCUT2D eigenvalue weighted by Crippen LogP contribution is 2.37. The lowest BCUT2D eigenvalue weighted by Crippen LogP contribution is -2.31. The van der Waals surface area contributed by atoms with Crippen molar-refractivity contribution < 1.29 is 32.2 Å². The van der Waals surface area contributed by atoms with Crippen LogP contribution in [0.2, 0.25) is 0 Å². The SMILES string of the molecule is COc1cc(C(=O)NCCN(C)C)cc(NC(=O)c2ccc(C(F)(F)F)cn2)c1OC. The highest BCUT2D eigenvalue weighted by atomic mass is 19.4. The van der Waals surface area contributed by atoms with E-state index < -0.39 is 23.6 Å². The summed E-state index contributed by atoms with van der Waals surface area (Å²) in [5, 5.41) is 5.25. The second-order valence-corrected chi connectivity index (χ2v) is 6.70. The average Bonchev–Trinajstić information content (AvgIpc) is 2.72. The molecule has 2 amide bonds. The molecule has 0 radical (unpaired) electrons. The maximum Gasteiger partial charge on any atom is 0.417 e. The van der Waals surface area contributed by atoms with E-state index in [4.69, 9.17) is 9.47 Å².